The van der Waals surface area contributed by atoms with Gasteiger partial charge in [0, 0.05) is 5.70 Å². The third-order valence-electron chi connectivity index (χ3n) is 5.84. The van der Waals surface area contributed by atoms with Gasteiger partial charge in [-0.05, 0) is 68.7 Å². The Bertz CT molecular complexity index is 1260. The van der Waals surface area contributed by atoms with Crippen molar-refractivity contribution in [2.24, 2.45) is 5.10 Å². The van der Waals surface area contributed by atoms with Crippen LogP contribution >= 0.6 is 0 Å². The number of nitrogens with one attached hydrogen (secondary N) is 3. The quantitative estimate of drug-likeness (QED) is 0.109. The molecule has 0 spiro atoms. The molecule has 1 aliphatic rings. The molecule has 0 aromatic heterocycles. The number of carbonyl (C=O) groups is 2. The third-order valence-corrected chi connectivity index (χ3v) is 5.84. The first-order valence-corrected chi connectivity index (χ1v) is 13.4. The summed E-state index contributed by atoms with van der Waals surface area (Å²) in [6, 6.07) is 9.30. The van der Waals surface area contributed by atoms with E-state index in [1.807, 2.05) is 39.0 Å². The topological polar surface area (TPSA) is 149 Å². The number of carbonyl (C=O) groups excluding carboxylic acids is 2. The number of methoxy groups -OCH3 is 1. The summed E-state index contributed by atoms with van der Waals surface area (Å²) in [5, 5.41) is 19.8. The highest BCUT2D eigenvalue weighted by molar-refractivity contribution is 5.95. The molecule has 1 aliphatic heterocycles. The predicted molar refractivity (Wildman–Crippen MR) is 152 cm³/mol. The molecule has 0 saturated heterocycles. The van der Waals surface area contributed by atoms with E-state index in [1.165, 1.54) is 7.11 Å². The molecule has 0 bridgehead atoms. The Labute approximate surface area is 239 Å². The molecule has 12 nitrogen and oxygen atoms in total. The van der Waals surface area contributed by atoms with Gasteiger partial charge in [-0.25, -0.2) is 9.59 Å². The number of benzene rings is 2. The smallest absolute Gasteiger partial charge is 0.337 e. The van der Waals surface area contributed by atoms with Gasteiger partial charge in [-0.3, -0.25) is 5.43 Å². The summed E-state index contributed by atoms with van der Waals surface area (Å²) in [6.45, 7) is 8.67. The maximum absolute atomic E-state index is 12.4. The number of amides is 2. The van der Waals surface area contributed by atoms with Gasteiger partial charge < -0.3 is 39.4 Å². The van der Waals surface area contributed by atoms with Gasteiger partial charge in [0.25, 0.3) is 0 Å². The largest absolute Gasteiger partial charge is 0.490 e. The van der Waals surface area contributed by atoms with Crippen molar-refractivity contribution < 1.29 is 38.4 Å². The second-order valence-corrected chi connectivity index (χ2v) is 8.90. The number of hydrazone groups is 1. The van der Waals surface area contributed by atoms with Gasteiger partial charge in [0.05, 0.1) is 44.8 Å². The lowest BCUT2D eigenvalue weighted by molar-refractivity contribution is -0.136. The van der Waals surface area contributed by atoms with Crippen molar-refractivity contribution in [2.45, 2.75) is 46.4 Å². The normalized spacial score (nSPS) is 15.6. The summed E-state index contributed by atoms with van der Waals surface area (Å²) >= 11 is 0. The molecule has 2 aromatic rings. The van der Waals surface area contributed by atoms with Crippen molar-refractivity contribution in [2.75, 3.05) is 33.5 Å². The average Bonchev–Trinajstić information content (AvgIpc) is 2.95. The summed E-state index contributed by atoms with van der Waals surface area (Å²) in [7, 11) is 1.28. The molecule has 1 heterocycles. The summed E-state index contributed by atoms with van der Waals surface area (Å²) < 4.78 is 27.8. The van der Waals surface area contributed by atoms with Gasteiger partial charge >= 0.3 is 12.0 Å². The number of esters is 1. The number of ether oxygens (including phenoxy) is 5. The van der Waals surface area contributed by atoms with Crippen LogP contribution in [0.5, 0.6) is 23.0 Å². The molecule has 0 aliphatic carbocycles. The molecule has 3 rings (SSSR count). The monoisotopic (exact) mass is 570 g/mol. The van der Waals surface area contributed by atoms with E-state index in [9.17, 15) is 14.7 Å². The van der Waals surface area contributed by atoms with Crippen LogP contribution in [0, 0.1) is 0 Å². The van der Waals surface area contributed by atoms with Gasteiger partial charge in [-0.1, -0.05) is 13.0 Å². The van der Waals surface area contributed by atoms with Gasteiger partial charge in [-0.2, -0.15) is 5.10 Å². The predicted octanol–water partition coefficient (Wildman–Crippen LogP) is 3.39. The molecule has 0 radical (unpaired) electrons. The molecule has 41 heavy (non-hydrogen) atoms. The van der Waals surface area contributed by atoms with E-state index in [-0.39, 0.29) is 12.2 Å². The Kier molecular flexibility index (Phi) is 11.6. The van der Waals surface area contributed by atoms with Crippen LogP contribution in [-0.4, -0.2) is 63.1 Å². The highest BCUT2D eigenvalue weighted by atomic mass is 16.5. The van der Waals surface area contributed by atoms with Crippen molar-refractivity contribution in [1.82, 2.24) is 16.1 Å². The first-order valence-electron chi connectivity index (χ1n) is 13.4. The minimum Gasteiger partial charge on any atom is -0.490 e. The van der Waals surface area contributed by atoms with Crippen molar-refractivity contribution in [1.29, 1.82) is 0 Å². The third kappa shape index (κ3) is 8.52. The molecular weight excluding hydrogens is 532 g/mol. The van der Waals surface area contributed by atoms with Crippen molar-refractivity contribution >= 4 is 18.2 Å². The maximum atomic E-state index is 12.4. The van der Waals surface area contributed by atoms with Crippen LogP contribution in [0.4, 0.5) is 4.79 Å². The highest BCUT2D eigenvalue weighted by Gasteiger charge is 2.32. The fraction of sp³-hybridized carbons (Fsp3) is 0.414. The molecule has 4 N–H and O–H groups in total. The van der Waals surface area contributed by atoms with Gasteiger partial charge in [0.15, 0.2) is 29.2 Å². The van der Waals surface area contributed by atoms with Crippen LogP contribution in [0.15, 0.2) is 52.8 Å². The molecule has 222 valence electrons. The first-order chi connectivity index (χ1) is 19.8. The van der Waals surface area contributed by atoms with Gasteiger partial charge in [-0.15, -0.1) is 0 Å². The second-order valence-electron chi connectivity index (χ2n) is 8.90. The van der Waals surface area contributed by atoms with Crippen molar-refractivity contribution in [3.05, 3.63) is 58.8 Å². The zero-order chi connectivity index (χ0) is 29.8. The van der Waals surface area contributed by atoms with Crippen LogP contribution in [-0.2, 0) is 9.53 Å². The summed E-state index contributed by atoms with van der Waals surface area (Å²) in [6.07, 6.45) is 1.31. The molecule has 0 unspecified atom stereocenters. The number of aliphatic hydroxyl groups excluding tert-OH is 1. The Hall–Kier alpha value is -4.45. The number of nitrogens with zero attached hydrogens (tertiary/aromatic N) is 1. The standard InChI is InChI=1S/C29H38N4O8/c1-6-13-40-21-11-9-19(14-23(21)38-7-2)16-30-33-25(34)17-41-22-12-10-20(15-24(22)39-8-3)27-26(28(35)37-5)18(4)31-29(36)32-27/h9-12,14-16,25,27,33-34H,6-8,13,17H2,1-5H3,(H2,31,32,36)/b30-16-/t25-,27+/m1/s1. The van der Waals surface area contributed by atoms with Gasteiger partial charge in [0.1, 0.15) is 6.61 Å². The van der Waals surface area contributed by atoms with Crippen LogP contribution in [0.1, 0.15) is 51.3 Å². The summed E-state index contributed by atoms with van der Waals surface area (Å²) in [5.74, 6) is 1.46. The zero-order valence-corrected chi connectivity index (χ0v) is 24.0. The van der Waals surface area contributed by atoms with E-state index < -0.39 is 24.3 Å². The Morgan fingerprint density at radius 2 is 1.71 bits per heavy atom. The molecule has 0 saturated carbocycles. The van der Waals surface area contributed by atoms with Crippen molar-refractivity contribution in [3.63, 3.8) is 0 Å². The van der Waals surface area contributed by atoms with E-state index in [0.717, 1.165) is 12.0 Å². The van der Waals surface area contributed by atoms with E-state index in [0.29, 0.717) is 54.1 Å². The number of allylic oxidation sites excluding steroid dienone is 1. The summed E-state index contributed by atoms with van der Waals surface area (Å²) in [5.41, 5.74) is 4.65. The molecule has 0 fully saturated rings. The lowest BCUT2D eigenvalue weighted by Gasteiger charge is -2.28. The lowest BCUT2D eigenvalue weighted by Crippen LogP contribution is -2.45. The Morgan fingerprint density at radius 1 is 1.02 bits per heavy atom. The van der Waals surface area contributed by atoms with Crippen molar-refractivity contribution in [3.8, 4) is 23.0 Å². The second kappa shape index (κ2) is 15.4. The number of hydrogen-bond donors (Lipinski definition) is 4. The molecule has 2 aromatic carbocycles. The van der Waals surface area contributed by atoms with Gasteiger partial charge in [0.2, 0.25) is 0 Å². The van der Waals surface area contributed by atoms with E-state index in [1.54, 1.807) is 31.3 Å². The zero-order valence-electron chi connectivity index (χ0n) is 24.0. The Morgan fingerprint density at radius 3 is 2.39 bits per heavy atom. The minimum absolute atomic E-state index is 0.138. The number of hydrogen-bond acceptors (Lipinski definition) is 10. The maximum Gasteiger partial charge on any atom is 0.337 e. The summed E-state index contributed by atoms with van der Waals surface area (Å²) in [4.78, 5) is 24.5. The molecule has 2 atom stereocenters. The van der Waals surface area contributed by atoms with Crippen LogP contribution < -0.4 is 35.0 Å². The van der Waals surface area contributed by atoms with Crippen LogP contribution in [0.25, 0.3) is 0 Å². The van der Waals surface area contributed by atoms with Crippen LogP contribution in [0.3, 0.4) is 0 Å². The molecule has 12 heteroatoms. The lowest BCUT2D eigenvalue weighted by atomic mass is 9.95. The molecular formula is C29H38N4O8. The molecule has 2 amide bonds. The van der Waals surface area contributed by atoms with E-state index in [2.05, 4.69) is 21.2 Å². The fourth-order valence-corrected chi connectivity index (χ4v) is 4.02. The first kappa shape index (κ1) is 31.1. The minimum atomic E-state index is -1.13. The van der Waals surface area contributed by atoms with Crippen LogP contribution in [0.2, 0.25) is 0 Å². The Balaban J connectivity index is 1.67. The highest BCUT2D eigenvalue weighted by Crippen LogP contribution is 2.35. The average molecular weight is 571 g/mol. The fourth-order valence-electron chi connectivity index (χ4n) is 4.02. The number of urea groups is 1. The SMILES string of the molecule is CCCOc1ccc(/C=N\N[C@H](O)COc2ccc([C@@H]3NC(=O)NC(C)=C3C(=O)OC)cc2OCC)cc1OCC. The van der Waals surface area contributed by atoms with E-state index >= 15 is 0 Å². The number of rotatable bonds is 15. The van der Waals surface area contributed by atoms with E-state index in [4.69, 9.17) is 23.7 Å². The number of aliphatic hydroxyl groups is 1.